The maximum Gasteiger partial charge on any atom is 0.191 e. The van der Waals surface area contributed by atoms with E-state index in [-0.39, 0.29) is 24.0 Å². The fourth-order valence-corrected chi connectivity index (χ4v) is 3.85. The Kier molecular flexibility index (Phi) is 7.03. The van der Waals surface area contributed by atoms with Gasteiger partial charge in [0, 0.05) is 61.8 Å². The molecule has 3 rings (SSSR count). The molecule has 2 N–H and O–H groups in total. The van der Waals surface area contributed by atoms with E-state index in [9.17, 15) is 0 Å². The topological polar surface area (TPSA) is 70.6 Å². The summed E-state index contributed by atoms with van der Waals surface area (Å²) in [5.74, 6) is 0.645. The lowest BCUT2D eigenvalue weighted by Crippen LogP contribution is -2.51. The number of aliphatic imine (C=N–C) groups is 1. The van der Waals surface area contributed by atoms with E-state index >= 15 is 0 Å². The van der Waals surface area contributed by atoms with Crippen molar-refractivity contribution in [2.45, 2.75) is 13.3 Å². The van der Waals surface area contributed by atoms with Gasteiger partial charge in [0.1, 0.15) is 0 Å². The standard InChI is InChI=1S/C14H20N6S2.HI/c1-11-10-18-12(22-11)2-3-16-13(15)19-5-7-20(8-6-19)14-17-4-9-21-14;/h4,9-10H,2-3,5-8H2,1H3,(H2,15,16);1H. The van der Waals surface area contributed by atoms with Crippen molar-refractivity contribution in [3.05, 3.63) is 27.7 Å². The van der Waals surface area contributed by atoms with Gasteiger partial charge in [-0.3, -0.25) is 4.99 Å². The lowest BCUT2D eigenvalue weighted by atomic mass is 10.3. The molecule has 1 saturated heterocycles. The molecule has 1 aliphatic rings. The molecule has 0 radical (unpaired) electrons. The summed E-state index contributed by atoms with van der Waals surface area (Å²) >= 11 is 3.41. The second-order valence-electron chi connectivity index (χ2n) is 5.14. The van der Waals surface area contributed by atoms with Crippen LogP contribution in [0.1, 0.15) is 9.88 Å². The Hall–Kier alpha value is -0.940. The van der Waals surface area contributed by atoms with Crippen LogP contribution in [-0.4, -0.2) is 53.6 Å². The monoisotopic (exact) mass is 464 g/mol. The quantitative estimate of drug-likeness (QED) is 0.427. The SMILES string of the molecule is Cc1cnc(CCN=C(N)N2CCN(c3nccs3)CC2)s1.I. The summed E-state index contributed by atoms with van der Waals surface area (Å²) in [5, 5.41) is 4.23. The lowest BCUT2D eigenvalue weighted by Gasteiger charge is -2.35. The number of nitrogens with two attached hydrogens (primary N) is 1. The highest BCUT2D eigenvalue weighted by Crippen LogP contribution is 2.18. The predicted molar refractivity (Wildman–Crippen MR) is 108 cm³/mol. The highest BCUT2D eigenvalue weighted by molar-refractivity contribution is 14.0. The van der Waals surface area contributed by atoms with Crippen molar-refractivity contribution in [1.82, 2.24) is 14.9 Å². The summed E-state index contributed by atoms with van der Waals surface area (Å²) in [4.78, 5) is 18.9. The Morgan fingerprint density at radius 1 is 1.30 bits per heavy atom. The van der Waals surface area contributed by atoms with Crippen LogP contribution < -0.4 is 10.6 Å². The first kappa shape index (κ1) is 18.4. The molecule has 0 aromatic carbocycles. The number of thiazole rings is 2. The third kappa shape index (κ3) is 5.01. The van der Waals surface area contributed by atoms with Gasteiger partial charge < -0.3 is 15.5 Å². The molecule has 2 aromatic rings. The molecule has 2 aromatic heterocycles. The molecule has 0 atom stereocenters. The number of hydrogen-bond acceptors (Lipinski definition) is 6. The average Bonchev–Trinajstić information content (AvgIpc) is 3.19. The molecule has 1 aliphatic heterocycles. The normalized spacial score (nSPS) is 15.6. The second-order valence-corrected chi connectivity index (χ2v) is 7.34. The Bertz CT molecular complexity index is 619. The molecule has 3 heterocycles. The lowest BCUT2D eigenvalue weighted by molar-refractivity contribution is 0.380. The van der Waals surface area contributed by atoms with Gasteiger partial charge in [-0.2, -0.15) is 0 Å². The number of aryl methyl sites for hydroxylation is 1. The molecule has 0 amide bonds. The second kappa shape index (κ2) is 8.78. The average molecular weight is 464 g/mol. The maximum absolute atomic E-state index is 6.11. The van der Waals surface area contributed by atoms with Crippen LogP contribution in [0.15, 0.2) is 22.8 Å². The molecular weight excluding hydrogens is 443 g/mol. The Morgan fingerprint density at radius 2 is 2.09 bits per heavy atom. The van der Waals surface area contributed by atoms with E-state index in [0.717, 1.165) is 42.7 Å². The van der Waals surface area contributed by atoms with E-state index in [1.165, 1.54) is 4.88 Å². The Balaban J connectivity index is 0.00000192. The minimum atomic E-state index is 0. The zero-order valence-electron chi connectivity index (χ0n) is 13.0. The van der Waals surface area contributed by atoms with Crippen molar-refractivity contribution in [3.8, 4) is 0 Å². The van der Waals surface area contributed by atoms with Gasteiger partial charge in [0.25, 0.3) is 0 Å². The van der Waals surface area contributed by atoms with Crippen molar-refractivity contribution < 1.29 is 0 Å². The van der Waals surface area contributed by atoms with E-state index in [1.807, 2.05) is 17.8 Å². The van der Waals surface area contributed by atoms with Crippen LogP contribution in [0.4, 0.5) is 5.13 Å². The number of aromatic nitrogens is 2. The summed E-state index contributed by atoms with van der Waals surface area (Å²) in [6.45, 7) is 6.44. The van der Waals surface area contributed by atoms with Crippen molar-refractivity contribution in [2.24, 2.45) is 10.7 Å². The highest BCUT2D eigenvalue weighted by Gasteiger charge is 2.19. The first-order valence-corrected chi connectivity index (χ1v) is 9.02. The molecule has 6 nitrogen and oxygen atoms in total. The first-order valence-electron chi connectivity index (χ1n) is 7.33. The fraction of sp³-hybridized carbons (Fsp3) is 0.500. The Labute approximate surface area is 161 Å². The number of piperazine rings is 1. The largest absolute Gasteiger partial charge is 0.370 e. The van der Waals surface area contributed by atoms with Crippen molar-refractivity contribution in [1.29, 1.82) is 0 Å². The molecule has 0 bridgehead atoms. The van der Waals surface area contributed by atoms with Crippen LogP contribution in [0.2, 0.25) is 0 Å². The molecular formula is C14H21IN6S2. The van der Waals surface area contributed by atoms with Gasteiger partial charge in [-0.05, 0) is 6.92 Å². The number of anilines is 1. The number of guanidine groups is 1. The molecule has 126 valence electrons. The molecule has 0 spiro atoms. The number of nitrogens with zero attached hydrogens (tertiary/aromatic N) is 5. The van der Waals surface area contributed by atoms with Crippen LogP contribution in [-0.2, 0) is 6.42 Å². The smallest absolute Gasteiger partial charge is 0.191 e. The van der Waals surface area contributed by atoms with Gasteiger partial charge in [0.15, 0.2) is 11.1 Å². The number of rotatable bonds is 4. The minimum Gasteiger partial charge on any atom is -0.370 e. The minimum absolute atomic E-state index is 0. The zero-order valence-corrected chi connectivity index (χ0v) is 17.0. The summed E-state index contributed by atoms with van der Waals surface area (Å²) in [7, 11) is 0. The fourth-order valence-electron chi connectivity index (χ4n) is 2.38. The summed E-state index contributed by atoms with van der Waals surface area (Å²) < 4.78 is 0. The molecule has 0 aliphatic carbocycles. The van der Waals surface area contributed by atoms with Crippen molar-refractivity contribution in [3.63, 3.8) is 0 Å². The van der Waals surface area contributed by atoms with Crippen LogP contribution in [0.25, 0.3) is 0 Å². The third-order valence-corrected chi connectivity index (χ3v) is 5.37. The Morgan fingerprint density at radius 3 is 2.70 bits per heavy atom. The van der Waals surface area contributed by atoms with Gasteiger partial charge >= 0.3 is 0 Å². The number of halogens is 1. The van der Waals surface area contributed by atoms with Gasteiger partial charge in [0.05, 0.1) is 5.01 Å². The summed E-state index contributed by atoms with van der Waals surface area (Å²) in [6, 6.07) is 0. The van der Waals surface area contributed by atoms with Crippen LogP contribution in [0, 0.1) is 6.92 Å². The van der Waals surface area contributed by atoms with E-state index < -0.39 is 0 Å². The van der Waals surface area contributed by atoms with Gasteiger partial charge in [-0.1, -0.05) is 0 Å². The van der Waals surface area contributed by atoms with Crippen LogP contribution in [0.3, 0.4) is 0 Å². The predicted octanol–water partition coefficient (Wildman–Crippen LogP) is 2.21. The molecule has 23 heavy (non-hydrogen) atoms. The van der Waals surface area contributed by atoms with E-state index in [4.69, 9.17) is 5.73 Å². The molecule has 0 unspecified atom stereocenters. The third-order valence-electron chi connectivity index (χ3n) is 3.56. The van der Waals surface area contributed by atoms with Crippen LogP contribution in [0.5, 0.6) is 0 Å². The van der Waals surface area contributed by atoms with Crippen molar-refractivity contribution >= 4 is 57.7 Å². The first-order chi connectivity index (χ1) is 10.7. The highest BCUT2D eigenvalue weighted by atomic mass is 127. The van der Waals surface area contributed by atoms with Gasteiger partial charge in [-0.15, -0.1) is 46.7 Å². The van der Waals surface area contributed by atoms with Crippen LogP contribution >= 0.6 is 46.7 Å². The summed E-state index contributed by atoms with van der Waals surface area (Å²) in [5.41, 5.74) is 6.11. The zero-order chi connectivity index (χ0) is 15.4. The number of hydrogen-bond donors (Lipinski definition) is 1. The summed E-state index contributed by atoms with van der Waals surface area (Å²) in [6.07, 6.45) is 4.62. The van der Waals surface area contributed by atoms with E-state index in [0.29, 0.717) is 12.5 Å². The molecule has 9 heteroatoms. The molecule has 0 saturated carbocycles. The van der Waals surface area contributed by atoms with Gasteiger partial charge in [0.2, 0.25) is 0 Å². The van der Waals surface area contributed by atoms with Gasteiger partial charge in [-0.25, -0.2) is 9.97 Å². The van der Waals surface area contributed by atoms with Crippen molar-refractivity contribution in [2.75, 3.05) is 37.6 Å². The van der Waals surface area contributed by atoms with E-state index in [2.05, 4.69) is 31.7 Å². The van der Waals surface area contributed by atoms with E-state index in [1.54, 1.807) is 22.7 Å². The maximum atomic E-state index is 6.11. The molecule has 1 fully saturated rings.